The first-order chi connectivity index (χ1) is 12.3. The highest BCUT2D eigenvalue weighted by Crippen LogP contribution is 2.13. The Balaban J connectivity index is 1.41. The van der Waals surface area contributed by atoms with Crippen molar-refractivity contribution < 1.29 is 9.47 Å². The molecule has 0 unspecified atom stereocenters. The highest BCUT2D eigenvalue weighted by Gasteiger charge is 2.17. The fourth-order valence-electron chi connectivity index (χ4n) is 2.94. The average Bonchev–Trinajstić information content (AvgIpc) is 2.68. The van der Waals surface area contributed by atoms with Gasteiger partial charge in [0.15, 0.2) is 0 Å². The molecule has 6 heteroatoms. The molecular weight excluding hydrogens is 316 g/mol. The molecular formula is C19H26N4O2. The minimum atomic E-state index is 0.425. The van der Waals surface area contributed by atoms with Crippen LogP contribution in [0.1, 0.15) is 18.4 Å². The van der Waals surface area contributed by atoms with Gasteiger partial charge in [-0.25, -0.2) is 0 Å². The number of anilines is 1. The second kappa shape index (κ2) is 9.34. The lowest BCUT2D eigenvalue weighted by Gasteiger charge is -2.31. The molecule has 1 aliphatic rings. The average molecular weight is 342 g/mol. The van der Waals surface area contributed by atoms with Crippen LogP contribution in [-0.2, 0) is 11.3 Å². The van der Waals surface area contributed by atoms with Gasteiger partial charge in [0.2, 0.25) is 5.88 Å². The summed E-state index contributed by atoms with van der Waals surface area (Å²) in [6.45, 7) is 4.51. The fourth-order valence-corrected chi connectivity index (χ4v) is 2.94. The number of likely N-dealkylation sites (tertiary alicyclic amines) is 1. The van der Waals surface area contributed by atoms with Gasteiger partial charge in [-0.05, 0) is 18.4 Å². The predicted octanol–water partition coefficient (Wildman–Crippen LogP) is 2.58. The van der Waals surface area contributed by atoms with Crippen LogP contribution in [0.15, 0.2) is 42.7 Å². The molecule has 1 N–H and O–H groups in total. The highest BCUT2D eigenvalue weighted by atomic mass is 16.5. The number of rotatable bonds is 8. The Morgan fingerprint density at radius 3 is 2.72 bits per heavy atom. The van der Waals surface area contributed by atoms with Gasteiger partial charge in [-0.15, -0.1) is 0 Å². The largest absolute Gasteiger partial charge is 0.472 e. The summed E-state index contributed by atoms with van der Waals surface area (Å²) < 4.78 is 11.1. The smallest absolute Gasteiger partial charge is 0.234 e. The Kier molecular flexibility index (Phi) is 6.59. The molecule has 25 heavy (non-hydrogen) atoms. The van der Waals surface area contributed by atoms with Gasteiger partial charge in [-0.2, -0.15) is 4.98 Å². The van der Waals surface area contributed by atoms with Crippen molar-refractivity contribution >= 4 is 5.82 Å². The maximum absolute atomic E-state index is 5.72. The van der Waals surface area contributed by atoms with Gasteiger partial charge in [0, 0.05) is 33.3 Å². The molecule has 0 bridgehead atoms. The van der Waals surface area contributed by atoms with Crippen LogP contribution in [-0.4, -0.2) is 54.3 Å². The van der Waals surface area contributed by atoms with Crippen LogP contribution in [0.5, 0.6) is 5.88 Å². The van der Waals surface area contributed by atoms with Gasteiger partial charge in [0.1, 0.15) is 12.4 Å². The first-order valence-electron chi connectivity index (χ1n) is 8.81. The minimum absolute atomic E-state index is 0.425. The summed E-state index contributed by atoms with van der Waals surface area (Å²) in [4.78, 5) is 11.1. The third kappa shape index (κ3) is 5.69. The Morgan fingerprint density at radius 1 is 1.16 bits per heavy atom. The van der Waals surface area contributed by atoms with E-state index in [0.717, 1.165) is 50.4 Å². The number of aromatic nitrogens is 2. The van der Waals surface area contributed by atoms with E-state index < -0.39 is 0 Å². The van der Waals surface area contributed by atoms with Crippen molar-refractivity contribution in [3.05, 3.63) is 48.3 Å². The van der Waals surface area contributed by atoms with Crippen molar-refractivity contribution in [2.45, 2.75) is 25.6 Å². The van der Waals surface area contributed by atoms with E-state index in [2.05, 4.69) is 20.2 Å². The molecule has 1 aromatic carbocycles. The molecule has 3 rings (SSSR count). The summed E-state index contributed by atoms with van der Waals surface area (Å²) >= 11 is 0. The fraction of sp³-hybridized carbons (Fsp3) is 0.474. The second-order valence-electron chi connectivity index (χ2n) is 6.22. The second-order valence-corrected chi connectivity index (χ2v) is 6.22. The zero-order valence-corrected chi connectivity index (χ0v) is 14.7. The highest BCUT2D eigenvalue weighted by molar-refractivity contribution is 5.33. The maximum atomic E-state index is 5.72. The van der Waals surface area contributed by atoms with Crippen LogP contribution in [0.3, 0.4) is 0 Å². The van der Waals surface area contributed by atoms with Gasteiger partial charge < -0.3 is 19.7 Å². The van der Waals surface area contributed by atoms with Crippen LogP contribution in [0.25, 0.3) is 0 Å². The molecule has 134 valence electrons. The van der Waals surface area contributed by atoms with E-state index in [1.54, 1.807) is 19.5 Å². The van der Waals surface area contributed by atoms with Gasteiger partial charge in [0.25, 0.3) is 0 Å². The quantitative estimate of drug-likeness (QED) is 0.796. The summed E-state index contributed by atoms with van der Waals surface area (Å²) in [5, 5.41) is 3.33. The van der Waals surface area contributed by atoms with E-state index in [1.807, 2.05) is 30.3 Å². The van der Waals surface area contributed by atoms with Gasteiger partial charge in [-0.1, -0.05) is 30.3 Å². The monoisotopic (exact) mass is 342 g/mol. The number of nitrogens with zero attached hydrogens (tertiary/aromatic N) is 3. The van der Waals surface area contributed by atoms with Gasteiger partial charge in [0.05, 0.1) is 18.5 Å². The number of ether oxygens (including phenoxy) is 2. The first kappa shape index (κ1) is 17.6. The van der Waals surface area contributed by atoms with E-state index in [4.69, 9.17) is 9.47 Å². The number of nitrogens with one attached hydrogen (secondary N) is 1. The Morgan fingerprint density at radius 2 is 1.96 bits per heavy atom. The predicted molar refractivity (Wildman–Crippen MR) is 97.8 cm³/mol. The van der Waals surface area contributed by atoms with Crippen molar-refractivity contribution in [1.29, 1.82) is 0 Å². The van der Waals surface area contributed by atoms with E-state index in [9.17, 15) is 0 Å². The molecule has 1 aromatic heterocycles. The van der Waals surface area contributed by atoms with Gasteiger partial charge >= 0.3 is 0 Å². The SMILES string of the molecule is COC1CCN(CCNc2cncc(OCc3ccccc3)n2)CC1. The molecule has 1 fully saturated rings. The minimum Gasteiger partial charge on any atom is -0.472 e. The first-order valence-corrected chi connectivity index (χ1v) is 8.81. The van der Waals surface area contributed by atoms with E-state index in [-0.39, 0.29) is 0 Å². The zero-order valence-electron chi connectivity index (χ0n) is 14.7. The van der Waals surface area contributed by atoms with Gasteiger partial charge in [-0.3, -0.25) is 4.98 Å². The van der Waals surface area contributed by atoms with E-state index in [0.29, 0.717) is 18.6 Å². The molecule has 1 saturated heterocycles. The molecule has 2 heterocycles. The molecule has 6 nitrogen and oxygen atoms in total. The summed E-state index contributed by atoms with van der Waals surface area (Å²) in [6.07, 6.45) is 6.02. The molecule has 2 aromatic rings. The topological polar surface area (TPSA) is 59.5 Å². The molecule has 0 amide bonds. The normalized spacial score (nSPS) is 15.9. The van der Waals surface area contributed by atoms with Crippen LogP contribution >= 0.6 is 0 Å². The van der Waals surface area contributed by atoms with Crippen molar-refractivity contribution in [3.8, 4) is 5.88 Å². The number of piperidine rings is 1. The number of methoxy groups -OCH3 is 1. The van der Waals surface area contributed by atoms with Crippen LogP contribution in [0.2, 0.25) is 0 Å². The number of hydrogen-bond acceptors (Lipinski definition) is 6. The van der Waals surface area contributed by atoms with Crippen LogP contribution in [0, 0.1) is 0 Å². The summed E-state index contributed by atoms with van der Waals surface area (Å²) in [7, 11) is 1.80. The van der Waals surface area contributed by atoms with Crippen LogP contribution in [0.4, 0.5) is 5.82 Å². The molecule has 0 atom stereocenters. The van der Waals surface area contributed by atoms with Crippen molar-refractivity contribution in [3.63, 3.8) is 0 Å². The zero-order chi connectivity index (χ0) is 17.3. The Hall–Kier alpha value is -2.18. The standard InChI is InChI=1S/C19H26N4O2/c1-24-17-7-10-23(11-8-17)12-9-21-18-13-20-14-19(22-18)25-15-16-5-3-2-4-6-16/h2-6,13-14,17H,7-12,15H2,1H3,(H,21,22). The summed E-state index contributed by atoms with van der Waals surface area (Å²) in [5.41, 5.74) is 1.11. The summed E-state index contributed by atoms with van der Waals surface area (Å²) in [6, 6.07) is 10.0. The van der Waals surface area contributed by atoms with Crippen molar-refractivity contribution in [1.82, 2.24) is 14.9 Å². The number of hydrogen-bond donors (Lipinski definition) is 1. The lowest BCUT2D eigenvalue weighted by atomic mass is 10.1. The molecule has 1 aliphatic heterocycles. The molecule has 0 saturated carbocycles. The third-order valence-corrected chi connectivity index (χ3v) is 4.44. The van der Waals surface area contributed by atoms with Crippen LogP contribution < -0.4 is 10.1 Å². The number of benzene rings is 1. The molecule has 0 radical (unpaired) electrons. The molecule has 0 spiro atoms. The van der Waals surface area contributed by atoms with Crippen molar-refractivity contribution in [2.24, 2.45) is 0 Å². The maximum Gasteiger partial charge on any atom is 0.234 e. The van der Waals surface area contributed by atoms with E-state index >= 15 is 0 Å². The van der Waals surface area contributed by atoms with Crippen molar-refractivity contribution in [2.75, 3.05) is 38.6 Å². The van der Waals surface area contributed by atoms with E-state index in [1.165, 1.54) is 0 Å². The third-order valence-electron chi connectivity index (χ3n) is 4.44. The lowest BCUT2D eigenvalue weighted by Crippen LogP contribution is -2.39. The Bertz CT molecular complexity index is 630. The lowest BCUT2D eigenvalue weighted by molar-refractivity contribution is 0.0423. The molecule has 0 aliphatic carbocycles. The Labute approximate surface area is 149 Å². The summed E-state index contributed by atoms with van der Waals surface area (Å²) in [5.74, 6) is 1.28.